The van der Waals surface area contributed by atoms with Crippen molar-refractivity contribution in [2.45, 2.75) is 24.8 Å². The van der Waals surface area contributed by atoms with Crippen LogP contribution in [0.4, 0.5) is 13.2 Å². The third kappa shape index (κ3) is 2.90. The predicted octanol–water partition coefficient (Wildman–Crippen LogP) is 1.56. The average molecular weight is 225 g/mol. The minimum atomic E-state index is -4.90. The number of hydrogen-bond donors (Lipinski definition) is 0. The van der Waals surface area contributed by atoms with Crippen molar-refractivity contribution in [1.29, 1.82) is 0 Å². The molecule has 1 aliphatic heterocycles. The summed E-state index contributed by atoms with van der Waals surface area (Å²) in [5.74, 6) is -2.08. The number of rotatable bonds is 1. The van der Waals surface area contributed by atoms with Gasteiger partial charge in [0.05, 0.1) is 6.54 Å². The Morgan fingerprint density at radius 3 is 2.79 bits per heavy atom. The first-order valence-corrected chi connectivity index (χ1v) is 4.85. The largest absolute Gasteiger partial charge is 0.473 e. The molecule has 1 aliphatic rings. The lowest BCUT2D eigenvalue weighted by Crippen LogP contribution is -2.22. The monoisotopic (exact) mass is 225 g/mol. The van der Waals surface area contributed by atoms with Crippen LogP contribution in [-0.4, -0.2) is 29.0 Å². The molecular formula is C7H8F3N2OS. The molecule has 1 unspecified atom stereocenters. The fourth-order valence-corrected chi connectivity index (χ4v) is 1.73. The molecule has 0 aliphatic carbocycles. The van der Waals surface area contributed by atoms with Crippen molar-refractivity contribution in [3.63, 3.8) is 0 Å². The number of hydrogen-bond acceptors (Lipinski definition) is 2. The molecule has 0 aromatic heterocycles. The summed E-state index contributed by atoms with van der Waals surface area (Å²) in [6.07, 6.45) is -4.10. The highest BCUT2D eigenvalue weighted by Gasteiger charge is 2.39. The summed E-state index contributed by atoms with van der Waals surface area (Å²) in [7, 11) is 0. The quantitative estimate of drug-likeness (QED) is 0.679. The van der Waals surface area contributed by atoms with Crippen molar-refractivity contribution in [3.05, 3.63) is 0 Å². The minimum absolute atomic E-state index is 0.0563. The highest BCUT2D eigenvalue weighted by molar-refractivity contribution is 8.14. The summed E-state index contributed by atoms with van der Waals surface area (Å²) in [6.45, 7) is 2.34. The Kier molecular flexibility index (Phi) is 3.41. The van der Waals surface area contributed by atoms with E-state index in [-0.39, 0.29) is 10.4 Å². The topological polar surface area (TPSA) is 43.5 Å². The summed E-state index contributed by atoms with van der Waals surface area (Å²) in [6, 6.07) is 0. The number of nitrogens with zero attached hydrogens (tertiary/aromatic N) is 2. The normalized spacial score (nSPS) is 25.1. The molecule has 1 atom stereocenters. The average Bonchev–Trinajstić information content (AvgIpc) is 2.50. The Bertz CT molecular complexity index is 264. The van der Waals surface area contributed by atoms with E-state index in [1.807, 2.05) is 6.92 Å². The van der Waals surface area contributed by atoms with Gasteiger partial charge in [0.25, 0.3) is 0 Å². The molecule has 0 saturated carbocycles. The third-order valence-electron chi connectivity index (χ3n) is 1.60. The molecule has 1 fully saturated rings. The van der Waals surface area contributed by atoms with Gasteiger partial charge < -0.3 is 0 Å². The summed E-state index contributed by atoms with van der Waals surface area (Å²) in [4.78, 5) is 13.3. The maximum absolute atomic E-state index is 11.8. The molecule has 14 heavy (non-hydrogen) atoms. The summed E-state index contributed by atoms with van der Waals surface area (Å²) in [5.41, 5.74) is 0. The SMILES string of the molecule is CCC1C[N]C(=NC(=O)C(F)(F)F)S1. The Hall–Kier alpha value is -0.720. The molecule has 79 valence electrons. The Morgan fingerprint density at radius 2 is 2.36 bits per heavy atom. The molecule has 1 saturated heterocycles. The number of amides is 1. The van der Waals surface area contributed by atoms with Crippen molar-refractivity contribution < 1.29 is 18.0 Å². The van der Waals surface area contributed by atoms with Crippen LogP contribution < -0.4 is 5.32 Å². The number of carbonyl (C=O) groups excluding carboxylic acids is 1. The third-order valence-corrected chi connectivity index (χ3v) is 2.84. The van der Waals surface area contributed by atoms with Crippen molar-refractivity contribution >= 4 is 22.8 Å². The van der Waals surface area contributed by atoms with Gasteiger partial charge in [0.15, 0.2) is 5.17 Å². The van der Waals surface area contributed by atoms with Gasteiger partial charge in [0, 0.05) is 5.25 Å². The van der Waals surface area contributed by atoms with Gasteiger partial charge in [-0.15, -0.1) is 0 Å². The zero-order chi connectivity index (χ0) is 10.8. The molecule has 0 aromatic rings. The molecule has 7 heteroatoms. The van der Waals surface area contributed by atoms with E-state index in [9.17, 15) is 18.0 Å². The van der Waals surface area contributed by atoms with Gasteiger partial charge in [-0.25, -0.2) is 0 Å². The maximum Gasteiger partial charge on any atom is 0.473 e. The highest BCUT2D eigenvalue weighted by Crippen LogP contribution is 2.24. The predicted molar refractivity (Wildman–Crippen MR) is 47.2 cm³/mol. The molecule has 0 aromatic carbocycles. The Labute approximate surface area is 83.1 Å². The molecule has 1 amide bonds. The van der Waals surface area contributed by atoms with Crippen LogP contribution in [-0.2, 0) is 4.79 Å². The van der Waals surface area contributed by atoms with E-state index in [1.165, 1.54) is 0 Å². The molecule has 1 heterocycles. The van der Waals surface area contributed by atoms with E-state index in [0.717, 1.165) is 18.2 Å². The van der Waals surface area contributed by atoms with Crippen LogP contribution in [0.5, 0.6) is 0 Å². The second-order valence-corrected chi connectivity index (χ2v) is 3.95. The standard InChI is InChI=1S/C7H8F3N2OS/c1-2-4-3-11-6(14-4)12-5(13)7(8,9)10/h4H,2-3H2,1H3. The first kappa shape index (κ1) is 11.4. The first-order valence-electron chi connectivity index (χ1n) is 3.97. The van der Waals surface area contributed by atoms with E-state index < -0.39 is 12.1 Å². The molecule has 1 radical (unpaired) electrons. The Balaban J connectivity index is 2.59. The molecule has 0 bridgehead atoms. The van der Waals surface area contributed by atoms with Gasteiger partial charge in [0.1, 0.15) is 0 Å². The van der Waals surface area contributed by atoms with Crippen molar-refractivity contribution in [2.75, 3.05) is 6.54 Å². The maximum atomic E-state index is 11.8. The lowest BCUT2D eigenvalue weighted by Gasteiger charge is -2.00. The van der Waals surface area contributed by atoms with Crippen molar-refractivity contribution in [2.24, 2.45) is 4.99 Å². The highest BCUT2D eigenvalue weighted by atomic mass is 32.2. The van der Waals surface area contributed by atoms with E-state index >= 15 is 0 Å². The summed E-state index contributed by atoms with van der Waals surface area (Å²) < 4.78 is 35.3. The van der Waals surface area contributed by atoms with E-state index in [4.69, 9.17) is 0 Å². The zero-order valence-electron chi connectivity index (χ0n) is 7.34. The lowest BCUT2D eigenvalue weighted by atomic mass is 10.3. The molecule has 3 nitrogen and oxygen atoms in total. The van der Waals surface area contributed by atoms with Crippen LogP contribution >= 0.6 is 11.8 Å². The van der Waals surface area contributed by atoms with Crippen molar-refractivity contribution in [3.8, 4) is 0 Å². The van der Waals surface area contributed by atoms with Crippen LogP contribution in [0.1, 0.15) is 13.3 Å². The van der Waals surface area contributed by atoms with Gasteiger partial charge in [0.2, 0.25) is 0 Å². The van der Waals surface area contributed by atoms with E-state index in [0.29, 0.717) is 6.54 Å². The second-order valence-electron chi connectivity index (χ2n) is 2.69. The minimum Gasteiger partial charge on any atom is -0.262 e. The fraction of sp³-hybridized carbons (Fsp3) is 0.714. The van der Waals surface area contributed by atoms with Gasteiger partial charge in [-0.3, -0.25) is 10.1 Å². The molecule has 0 N–H and O–H groups in total. The number of carbonyl (C=O) groups is 1. The van der Waals surface area contributed by atoms with Crippen LogP contribution in [0.15, 0.2) is 4.99 Å². The number of amidine groups is 1. The number of alkyl halides is 3. The van der Waals surface area contributed by atoms with Gasteiger partial charge >= 0.3 is 12.1 Å². The Morgan fingerprint density at radius 1 is 1.71 bits per heavy atom. The van der Waals surface area contributed by atoms with Crippen LogP contribution in [0, 0.1) is 0 Å². The first-order chi connectivity index (χ1) is 6.43. The van der Waals surface area contributed by atoms with Crippen LogP contribution in [0.2, 0.25) is 0 Å². The second kappa shape index (κ2) is 4.20. The van der Waals surface area contributed by atoms with Gasteiger partial charge in [-0.1, -0.05) is 18.7 Å². The zero-order valence-corrected chi connectivity index (χ0v) is 8.15. The lowest BCUT2D eigenvalue weighted by molar-refractivity contribution is -0.169. The smallest absolute Gasteiger partial charge is 0.262 e. The number of thioether (sulfide) groups is 1. The van der Waals surface area contributed by atoms with Crippen LogP contribution in [0.25, 0.3) is 0 Å². The van der Waals surface area contributed by atoms with Gasteiger partial charge in [-0.05, 0) is 6.42 Å². The van der Waals surface area contributed by atoms with Crippen molar-refractivity contribution in [1.82, 2.24) is 5.32 Å². The van der Waals surface area contributed by atoms with E-state index in [2.05, 4.69) is 10.3 Å². The fourth-order valence-electron chi connectivity index (χ4n) is 0.828. The number of aliphatic imine (C=N–C) groups is 1. The number of halogens is 3. The molecular weight excluding hydrogens is 217 g/mol. The summed E-state index contributed by atoms with van der Waals surface area (Å²) in [5, 5.41) is 3.83. The molecule has 0 spiro atoms. The van der Waals surface area contributed by atoms with Crippen LogP contribution in [0.3, 0.4) is 0 Å². The van der Waals surface area contributed by atoms with Gasteiger partial charge in [-0.2, -0.15) is 18.2 Å². The van der Waals surface area contributed by atoms with E-state index in [1.54, 1.807) is 0 Å². The molecule has 1 rings (SSSR count). The summed E-state index contributed by atoms with van der Waals surface area (Å²) >= 11 is 1.12.